The molecule has 0 atom stereocenters. The van der Waals surface area contributed by atoms with Crippen LogP contribution >= 0.6 is 0 Å². The zero-order chi connectivity index (χ0) is 12.2. The molecule has 0 saturated carbocycles. The number of hydrogen-bond donors (Lipinski definition) is 1. The summed E-state index contributed by atoms with van der Waals surface area (Å²) < 4.78 is 37.9. The van der Waals surface area contributed by atoms with Crippen molar-refractivity contribution in [1.82, 2.24) is 10.4 Å². The number of pyridine rings is 1. The lowest BCUT2D eigenvalue weighted by molar-refractivity contribution is -0.137. The molecule has 0 radical (unpaired) electrons. The molecule has 1 aromatic heterocycles. The number of anilines is 1. The quantitative estimate of drug-likeness (QED) is 0.810. The molecule has 0 fully saturated rings. The minimum absolute atomic E-state index is 0.108. The lowest BCUT2D eigenvalue weighted by Gasteiger charge is -2.22. The van der Waals surface area contributed by atoms with Gasteiger partial charge in [-0.2, -0.15) is 13.2 Å². The van der Waals surface area contributed by atoms with Crippen LogP contribution in [0.15, 0.2) is 18.3 Å². The largest absolute Gasteiger partial charge is 0.420 e. The molecule has 0 aromatic carbocycles. The van der Waals surface area contributed by atoms with Gasteiger partial charge in [0.15, 0.2) is 5.82 Å². The Balaban J connectivity index is 2.94. The minimum atomic E-state index is -4.38. The molecule has 0 aliphatic carbocycles. The fourth-order valence-corrected chi connectivity index (χ4v) is 1.24. The minimum Gasteiger partial charge on any atom is -0.295 e. The summed E-state index contributed by atoms with van der Waals surface area (Å²) in [6.07, 6.45) is -2.21. The number of halogens is 3. The Morgan fingerprint density at radius 2 is 2.12 bits per heavy atom. The van der Waals surface area contributed by atoms with Crippen LogP contribution in [-0.2, 0) is 6.18 Å². The van der Waals surface area contributed by atoms with E-state index in [0.29, 0.717) is 6.54 Å². The summed E-state index contributed by atoms with van der Waals surface area (Å²) in [6, 6.07) is 2.30. The van der Waals surface area contributed by atoms with Crippen LogP contribution in [0.1, 0.15) is 18.9 Å². The van der Waals surface area contributed by atoms with Gasteiger partial charge in [-0.05, 0) is 18.6 Å². The summed E-state index contributed by atoms with van der Waals surface area (Å²) in [4.78, 5) is 3.74. The van der Waals surface area contributed by atoms with Gasteiger partial charge in [0.05, 0.1) is 5.56 Å². The van der Waals surface area contributed by atoms with E-state index in [0.717, 1.165) is 12.5 Å². The van der Waals surface area contributed by atoms with Crippen LogP contribution < -0.4 is 10.4 Å². The van der Waals surface area contributed by atoms with E-state index >= 15 is 0 Å². The van der Waals surface area contributed by atoms with Crippen LogP contribution in [0.3, 0.4) is 0 Å². The van der Waals surface area contributed by atoms with Crippen LogP contribution in [0.5, 0.6) is 0 Å². The summed E-state index contributed by atoms with van der Waals surface area (Å²) in [7, 11) is 1.52. The molecule has 0 saturated heterocycles. The second-order valence-corrected chi connectivity index (χ2v) is 3.34. The second kappa shape index (κ2) is 5.16. The third kappa shape index (κ3) is 3.10. The summed E-state index contributed by atoms with van der Waals surface area (Å²) >= 11 is 0. The number of hydrazine groups is 1. The molecule has 1 heterocycles. The normalized spacial score (nSPS) is 11.6. The highest BCUT2D eigenvalue weighted by molar-refractivity contribution is 5.46. The van der Waals surface area contributed by atoms with Gasteiger partial charge in [0, 0.05) is 19.8 Å². The monoisotopic (exact) mass is 233 g/mol. The van der Waals surface area contributed by atoms with Gasteiger partial charge in [-0.15, -0.1) is 0 Å². The van der Waals surface area contributed by atoms with Crippen molar-refractivity contribution < 1.29 is 13.2 Å². The van der Waals surface area contributed by atoms with Crippen LogP contribution in [0.2, 0.25) is 0 Å². The van der Waals surface area contributed by atoms with Crippen molar-refractivity contribution in [3.05, 3.63) is 23.9 Å². The standard InChI is InChI=1S/C10H14F3N3/c1-3-6-15-16(2)9-8(10(11,12)13)5-4-7-14-9/h4-5,7,15H,3,6H2,1-2H3. The molecule has 0 unspecified atom stereocenters. The molecule has 1 rings (SSSR count). The van der Waals surface area contributed by atoms with Gasteiger partial charge in [-0.3, -0.25) is 5.01 Å². The Bertz CT molecular complexity index is 338. The Morgan fingerprint density at radius 1 is 1.44 bits per heavy atom. The van der Waals surface area contributed by atoms with Crippen LogP contribution in [0.25, 0.3) is 0 Å². The van der Waals surface area contributed by atoms with E-state index < -0.39 is 11.7 Å². The van der Waals surface area contributed by atoms with E-state index in [4.69, 9.17) is 0 Å². The Hall–Kier alpha value is -1.30. The molecule has 0 aliphatic rings. The molecular weight excluding hydrogens is 219 g/mol. The van der Waals surface area contributed by atoms with E-state index in [2.05, 4.69) is 10.4 Å². The predicted molar refractivity (Wildman–Crippen MR) is 55.9 cm³/mol. The Morgan fingerprint density at radius 3 is 2.69 bits per heavy atom. The van der Waals surface area contributed by atoms with Gasteiger partial charge in [-0.1, -0.05) is 6.92 Å². The van der Waals surface area contributed by atoms with Gasteiger partial charge in [0.25, 0.3) is 0 Å². The van der Waals surface area contributed by atoms with Crippen molar-refractivity contribution in [2.45, 2.75) is 19.5 Å². The van der Waals surface area contributed by atoms with E-state index in [1.54, 1.807) is 0 Å². The number of nitrogens with one attached hydrogen (secondary N) is 1. The smallest absolute Gasteiger partial charge is 0.295 e. The Kier molecular flexibility index (Phi) is 4.12. The molecule has 3 nitrogen and oxygen atoms in total. The lowest BCUT2D eigenvalue weighted by atomic mass is 10.2. The maximum absolute atomic E-state index is 12.6. The predicted octanol–water partition coefficient (Wildman–Crippen LogP) is 2.45. The van der Waals surface area contributed by atoms with Gasteiger partial charge in [-0.25, -0.2) is 10.4 Å². The van der Waals surface area contributed by atoms with Gasteiger partial charge in [0.2, 0.25) is 0 Å². The lowest BCUT2D eigenvalue weighted by Crippen LogP contribution is -2.36. The first-order chi connectivity index (χ1) is 7.46. The first-order valence-electron chi connectivity index (χ1n) is 4.96. The topological polar surface area (TPSA) is 28.2 Å². The van der Waals surface area contributed by atoms with Crippen molar-refractivity contribution in [2.75, 3.05) is 18.6 Å². The molecule has 0 amide bonds. The first-order valence-corrected chi connectivity index (χ1v) is 4.96. The van der Waals surface area contributed by atoms with Crippen LogP contribution in [-0.4, -0.2) is 18.6 Å². The van der Waals surface area contributed by atoms with Gasteiger partial charge < -0.3 is 0 Å². The van der Waals surface area contributed by atoms with E-state index in [-0.39, 0.29) is 5.82 Å². The van der Waals surface area contributed by atoms with Crippen molar-refractivity contribution in [3.8, 4) is 0 Å². The molecule has 1 N–H and O–H groups in total. The summed E-state index contributed by atoms with van der Waals surface area (Å²) in [5.74, 6) is -0.108. The second-order valence-electron chi connectivity index (χ2n) is 3.34. The molecular formula is C10H14F3N3. The van der Waals surface area contributed by atoms with Gasteiger partial charge in [0.1, 0.15) is 0 Å². The van der Waals surface area contributed by atoms with Crippen LogP contribution in [0, 0.1) is 0 Å². The van der Waals surface area contributed by atoms with Gasteiger partial charge >= 0.3 is 6.18 Å². The molecule has 6 heteroatoms. The molecule has 0 spiro atoms. The van der Waals surface area contributed by atoms with Crippen molar-refractivity contribution >= 4 is 5.82 Å². The first kappa shape index (κ1) is 12.8. The summed E-state index contributed by atoms with van der Waals surface area (Å²) in [5.41, 5.74) is 2.10. The fourth-order valence-electron chi connectivity index (χ4n) is 1.24. The van der Waals surface area contributed by atoms with E-state index in [1.165, 1.54) is 24.3 Å². The molecule has 0 aliphatic heterocycles. The van der Waals surface area contributed by atoms with Crippen molar-refractivity contribution in [2.24, 2.45) is 0 Å². The molecule has 16 heavy (non-hydrogen) atoms. The maximum atomic E-state index is 12.6. The van der Waals surface area contributed by atoms with Crippen molar-refractivity contribution in [1.29, 1.82) is 0 Å². The Labute approximate surface area is 92.3 Å². The van der Waals surface area contributed by atoms with Crippen LogP contribution in [0.4, 0.5) is 19.0 Å². The highest BCUT2D eigenvalue weighted by Crippen LogP contribution is 2.34. The number of hydrogen-bond acceptors (Lipinski definition) is 3. The molecule has 90 valence electrons. The summed E-state index contributed by atoms with van der Waals surface area (Å²) in [6.45, 7) is 2.54. The number of rotatable bonds is 4. The average molecular weight is 233 g/mol. The molecule has 0 bridgehead atoms. The highest BCUT2D eigenvalue weighted by Gasteiger charge is 2.35. The average Bonchev–Trinajstić information content (AvgIpc) is 2.24. The SMILES string of the molecule is CCCNN(C)c1ncccc1C(F)(F)F. The summed E-state index contributed by atoms with van der Waals surface area (Å²) in [5, 5.41) is 1.30. The van der Waals surface area contributed by atoms with E-state index in [1.807, 2.05) is 6.92 Å². The third-order valence-electron chi connectivity index (χ3n) is 2.01. The number of nitrogens with zero attached hydrogens (tertiary/aromatic N) is 2. The number of aromatic nitrogens is 1. The third-order valence-corrected chi connectivity index (χ3v) is 2.01. The fraction of sp³-hybridized carbons (Fsp3) is 0.500. The zero-order valence-corrected chi connectivity index (χ0v) is 9.17. The maximum Gasteiger partial charge on any atom is 0.420 e. The number of alkyl halides is 3. The van der Waals surface area contributed by atoms with Crippen molar-refractivity contribution in [3.63, 3.8) is 0 Å². The van der Waals surface area contributed by atoms with E-state index in [9.17, 15) is 13.2 Å². The highest BCUT2D eigenvalue weighted by atomic mass is 19.4. The molecule has 1 aromatic rings. The zero-order valence-electron chi connectivity index (χ0n) is 9.17.